The summed E-state index contributed by atoms with van der Waals surface area (Å²) in [5.41, 5.74) is 2.10. The van der Waals surface area contributed by atoms with Crippen LogP contribution in [0.15, 0.2) is 42.9 Å². The van der Waals surface area contributed by atoms with E-state index in [0.29, 0.717) is 33.7 Å². The molecule has 3 aromatic rings. The van der Waals surface area contributed by atoms with Gasteiger partial charge in [-0.05, 0) is 54.7 Å². The van der Waals surface area contributed by atoms with Crippen molar-refractivity contribution >= 4 is 17.5 Å². The van der Waals surface area contributed by atoms with Crippen LogP contribution >= 0.6 is 11.6 Å². The van der Waals surface area contributed by atoms with Crippen molar-refractivity contribution < 1.29 is 4.79 Å². The maximum atomic E-state index is 12.5. The van der Waals surface area contributed by atoms with Gasteiger partial charge in [0.2, 0.25) is 0 Å². The number of aromatic nitrogens is 4. The number of hydrogen-bond acceptors (Lipinski definition) is 5. The highest BCUT2D eigenvalue weighted by atomic mass is 35.5. The molecule has 1 fully saturated rings. The number of benzene rings is 1. The molecule has 0 bridgehead atoms. The first-order valence-corrected chi connectivity index (χ1v) is 8.86. The Hall–Kier alpha value is -3.24. The summed E-state index contributed by atoms with van der Waals surface area (Å²) in [6, 6.07) is 10.8. The lowest BCUT2D eigenvalue weighted by molar-refractivity contribution is 0.0949. The molecule has 0 saturated heterocycles. The molecule has 1 amide bonds. The van der Waals surface area contributed by atoms with Crippen LogP contribution in [0, 0.1) is 11.3 Å². The Kier molecular flexibility index (Phi) is 4.57. The first kappa shape index (κ1) is 17.2. The molecule has 7 nitrogen and oxygen atoms in total. The zero-order valence-corrected chi connectivity index (χ0v) is 15.0. The molecule has 4 rings (SSSR count). The summed E-state index contributed by atoms with van der Waals surface area (Å²) in [5, 5.41) is 16.4. The molecule has 0 radical (unpaired) electrons. The molecule has 27 heavy (non-hydrogen) atoms. The third kappa shape index (κ3) is 3.81. The third-order valence-electron chi connectivity index (χ3n) is 4.35. The van der Waals surface area contributed by atoms with Crippen molar-refractivity contribution in [2.45, 2.75) is 25.3 Å². The molecule has 0 atom stereocenters. The Labute approximate surface area is 160 Å². The van der Waals surface area contributed by atoms with Crippen LogP contribution in [0.25, 0.3) is 5.82 Å². The topological polar surface area (TPSA) is 96.5 Å². The smallest absolute Gasteiger partial charge is 0.251 e. The zero-order chi connectivity index (χ0) is 18.8. The van der Waals surface area contributed by atoms with Crippen LogP contribution in [0.2, 0.25) is 5.02 Å². The lowest BCUT2D eigenvalue weighted by Gasteiger charge is -2.09. The molecule has 1 aliphatic rings. The maximum Gasteiger partial charge on any atom is 0.251 e. The fraction of sp³-hybridized carbons (Fsp3) is 0.211. The van der Waals surface area contributed by atoms with Crippen molar-refractivity contribution in [1.29, 1.82) is 5.26 Å². The molecule has 1 aromatic carbocycles. The Morgan fingerprint density at radius 1 is 1.30 bits per heavy atom. The highest BCUT2D eigenvalue weighted by Crippen LogP contribution is 2.41. The van der Waals surface area contributed by atoms with Gasteiger partial charge in [0.25, 0.3) is 5.91 Å². The van der Waals surface area contributed by atoms with E-state index in [1.165, 1.54) is 17.2 Å². The number of hydrogen-bond donors (Lipinski definition) is 1. The van der Waals surface area contributed by atoms with Crippen molar-refractivity contribution in [3.8, 4) is 11.9 Å². The van der Waals surface area contributed by atoms with Gasteiger partial charge in [-0.3, -0.25) is 4.79 Å². The Balaban J connectivity index is 1.49. The van der Waals surface area contributed by atoms with Gasteiger partial charge in [0.05, 0.1) is 12.1 Å². The van der Waals surface area contributed by atoms with E-state index in [0.717, 1.165) is 18.4 Å². The Morgan fingerprint density at radius 2 is 2.15 bits per heavy atom. The number of carbonyl (C=O) groups excluding carboxylic acids is 1. The predicted molar refractivity (Wildman–Crippen MR) is 98.5 cm³/mol. The van der Waals surface area contributed by atoms with E-state index < -0.39 is 0 Å². The second kappa shape index (κ2) is 7.17. The fourth-order valence-corrected chi connectivity index (χ4v) is 3.06. The van der Waals surface area contributed by atoms with Gasteiger partial charge in [0.15, 0.2) is 11.6 Å². The maximum absolute atomic E-state index is 12.5. The summed E-state index contributed by atoms with van der Waals surface area (Å²) in [7, 11) is 0. The van der Waals surface area contributed by atoms with E-state index in [-0.39, 0.29) is 12.5 Å². The summed E-state index contributed by atoms with van der Waals surface area (Å²) >= 11 is 6.16. The minimum atomic E-state index is -0.221. The Morgan fingerprint density at radius 3 is 2.85 bits per heavy atom. The van der Waals surface area contributed by atoms with Crippen LogP contribution in [0.1, 0.15) is 46.1 Å². The normalized spacial score (nSPS) is 13.2. The monoisotopic (exact) mass is 378 g/mol. The molecule has 0 unspecified atom stereocenters. The number of pyridine rings is 1. The minimum Gasteiger partial charge on any atom is -0.345 e. The second-order valence-corrected chi connectivity index (χ2v) is 6.77. The molecule has 1 saturated carbocycles. The molecule has 2 heterocycles. The van der Waals surface area contributed by atoms with Gasteiger partial charge in [0.1, 0.15) is 12.4 Å². The zero-order valence-electron chi connectivity index (χ0n) is 14.3. The molecule has 2 aromatic heterocycles. The number of halogens is 1. The molecule has 0 spiro atoms. The number of nitriles is 1. The fourth-order valence-electron chi connectivity index (χ4n) is 2.81. The second-order valence-electron chi connectivity index (χ2n) is 6.34. The number of nitrogens with one attached hydrogen (secondary N) is 1. The van der Waals surface area contributed by atoms with Crippen LogP contribution in [0.3, 0.4) is 0 Å². The van der Waals surface area contributed by atoms with Crippen LogP contribution in [0.5, 0.6) is 0 Å². The number of rotatable bonds is 5. The third-order valence-corrected chi connectivity index (χ3v) is 4.57. The molecule has 1 aliphatic carbocycles. The highest BCUT2D eigenvalue weighted by molar-refractivity contribution is 6.31. The number of nitrogens with zero attached hydrogens (tertiary/aromatic N) is 5. The molecular weight excluding hydrogens is 364 g/mol. The van der Waals surface area contributed by atoms with E-state index >= 15 is 0 Å². The number of carbonyl (C=O) groups is 1. The van der Waals surface area contributed by atoms with E-state index in [9.17, 15) is 4.79 Å². The average Bonchev–Trinajstić information content (AvgIpc) is 3.44. The van der Waals surface area contributed by atoms with Crippen LogP contribution in [-0.2, 0) is 6.54 Å². The molecule has 0 aliphatic heterocycles. The summed E-state index contributed by atoms with van der Waals surface area (Å²) in [4.78, 5) is 20.9. The molecule has 8 heteroatoms. The summed E-state index contributed by atoms with van der Waals surface area (Å²) < 4.78 is 1.52. The summed E-state index contributed by atoms with van der Waals surface area (Å²) in [5.74, 6) is 1.35. The Bertz CT molecular complexity index is 1030. The quantitative estimate of drug-likeness (QED) is 0.736. The van der Waals surface area contributed by atoms with Crippen LogP contribution < -0.4 is 5.32 Å². The van der Waals surface area contributed by atoms with Crippen LogP contribution in [-0.4, -0.2) is 25.7 Å². The molecule has 134 valence electrons. The lowest BCUT2D eigenvalue weighted by Crippen LogP contribution is -2.25. The van der Waals surface area contributed by atoms with Crippen molar-refractivity contribution in [3.05, 3.63) is 70.4 Å². The van der Waals surface area contributed by atoms with Crippen molar-refractivity contribution in [2.75, 3.05) is 0 Å². The summed E-state index contributed by atoms with van der Waals surface area (Å²) in [6.07, 6.45) is 5.14. The lowest BCUT2D eigenvalue weighted by atomic mass is 10.1. The average molecular weight is 379 g/mol. The van der Waals surface area contributed by atoms with Gasteiger partial charge in [0, 0.05) is 16.8 Å². The van der Waals surface area contributed by atoms with Crippen molar-refractivity contribution in [1.82, 2.24) is 25.1 Å². The van der Waals surface area contributed by atoms with E-state index in [2.05, 4.69) is 20.4 Å². The van der Waals surface area contributed by atoms with E-state index in [4.69, 9.17) is 16.9 Å². The first-order chi connectivity index (χ1) is 13.1. The van der Waals surface area contributed by atoms with Crippen molar-refractivity contribution in [2.24, 2.45) is 0 Å². The highest BCUT2D eigenvalue weighted by Gasteiger charge is 2.25. The SMILES string of the molecule is N#Cc1ccc(-n2ncnc2CNC(=O)c2cc(Cl)cc(C3CC3)c2)nc1. The van der Waals surface area contributed by atoms with Gasteiger partial charge in [-0.1, -0.05) is 11.6 Å². The first-order valence-electron chi connectivity index (χ1n) is 8.48. The van der Waals surface area contributed by atoms with E-state index in [1.54, 1.807) is 18.2 Å². The van der Waals surface area contributed by atoms with Gasteiger partial charge in [-0.2, -0.15) is 15.0 Å². The van der Waals surface area contributed by atoms with Crippen LogP contribution in [0.4, 0.5) is 0 Å². The molecular formula is C19H15ClN6O. The van der Waals surface area contributed by atoms with Gasteiger partial charge in [-0.15, -0.1) is 0 Å². The van der Waals surface area contributed by atoms with Gasteiger partial charge < -0.3 is 5.32 Å². The largest absolute Gasteiger partial charge is 0.345 e. The van der Waals surface area contributed by atoms with Gasteiger partial charge in [-0.25, -0.2) is 9.97 Å². The molecule has 1 N–H and O–H groups in total. The van der Waals surface area contributed by atoms with Gasteiger partial charge >= 0.3 is 0 Å². The standard InChI is InChI=1S/C19H15ClN6O/c20-16-6-14(13-2-3-13)5-15(7-16)19(27)23-10-18-24-11-25-26(18)17-4-1-12(8-21)9-22-17/h1,4-7,9,11,13H,2-3,10H2,(H,23,27). The number of amides is 1. The predicted octanol–water partition coefficient (Wildman–Crippen LogP) is 2.99. The summed E-state index contributed by atoms with van der Waals surface area (Å²) in [6.45, 7) is 0.186. The van der Waals surface area contributed by atoms with Crippen molar-refractivity contribution in [3.63, 3.8) is 0 Å². The minimum absolute atomic E-state index is 0.186. The van der Waals surface area contributed by atoms with E-state index in [1.807, 2.05) is 18.2 Å².